The molecule has 7 nitrogen and oxygen atoms in total. The van der Waals surface area contributed by atoms with Crippen LogP contribution in [-0.4, -0.2) is 51.1 Å². The number of rotatable bonds is 6. The maximum atomic E-state index is 12.1. The SMILES string of the molecule is COc1cc(NC(=O)CC(=O)N2CCCC2)cc(OC)c1OC. The zero-order valence-corrected chi connectivity index (χ0v) is 13.7. The molecule has 0 aromatic heterocycles. The second-order valence-corrected chi connectivity index (χ2v) is 5.23. The Labute approximate surface area is 135 Å². The lowest BCUT2D eigenvalue weighted by atomic mass is 10.2. The van der Waals surface area contributed by atoms with Crippen LogP contribution in [-0.2, 0) is 9.59 Å². The molecule has 1 aliphatic rings. The number of nitrogens with zero attached hydrogens (tertiary/aromatic N) is 1. The van der Waals surface area contributed by atoms with Crippen LogP contribution in [0, 0.1) is 0 Å². The molecule has 1 aromatic carbocycles. The van der Waals surface area contributed by atoms with Crippen LogP contribution >= 0.6 is 0 Å². The third kappa shape index (κ3) is 4.06. The van der Waals surface area contributed by atoms with Crippen LogP contribution in [0.5, 0.6) is 17.2 Å². The molecule has 1 N–H and O–H groups in total. The fraction of sp³-hybridized carbons (Fsp3) is 0.500. The van der Waals surface area contributed by atoms with Gasteiger partial charge in [-0.25, -0.2) is 0 Å². The summed E-state index contributed by atoms with van der Waals surface area (Å²) >= 11 is 0. The Morgan fingerprint density at radius 1 is 1.04 bits per heavy atom. The Morgan fingerprint density at radius 2 is 1.61 bits per heavy atom. The van der Waals surface area contributed by atoms with Gasteiger partial charge in [-0.3, -0.25) is 9.59 Å². The third-order valence-electron chi connectivity index (χ3n) is 3.72. The zero-order valence-electron chi connectivity index (χ0n) is 13.7. The molecule has 1 heterocycles. The monoisotopic (exact) mass is 322 g/mol. The molecule has 0 spiro atoms. The van der Waals surface area contributed by atoms with Crippen molar-refractivity contribution in [1.82, 2.24) is 4.90 Å². The van der Waals surface area contributed by atoms with E-state index in [1.165, 1.54) is 21.3 Å². The standard InChI is InChI=1S/C16H22N2O5/c1-21-12-8-11(9-13(22-2)16(12)23-3)17-14(19)10-15(20)18-6-4-5-7-18/h8-9H,4-7,10H2,1-3H3,(H,17,19). The van der Waals surface area contributed by atoms with Gasteiger partial charge in [-0.2, -0.15) is 0 Å². The van der Waals surface area contributed by atoms with Gasteiger partial charge in [-0.15, -0.1) is 0 Å². The molecule has 1 saturated heterocycles. The van der Waals surface area contributed by atoms with Crippen molar-refractivity contribution in [3.05, 3.63) is 12.1 Å². The Bertz CT molecular complexity index is 557. The quantitative estimate of drug-likeness (QED) is 0.806. The van der Waals surface area contributed by atoms with E-state index in [2.05, 4.69) is 5.32 Å². The van der Waals surface area contributed by atoms with Crippen LogP contribution in [0.3, 0.4) is 0 Å². The highest BCUT2D eigenvalue weighted by Gasteiger charge is 2.21. The van der Waals surface area contributed by atoms with Gasteiger partial charge in [0.1, 0.15) is 6.42 Å². The minimum Gasteiger partial charge on any atom is -0.493 e. The van der Waals surface area contributed by atoms with Crippen LogP contribution in [0.1, 0.15) is 19.3 Å². The molecule has 1 aromatic rings. The number of ether oxygens (including phenoxy) is 3. The second-order valence-electron chi connectivity index (χ2n) is 5.23. The first-order valence-corrected chi connectivity index (χ1v) is 7.46. The van der Waals surface area contributed by atoms with E-state index >= 15 is 0 Å². The van der Waals surface area contributed by atoms with E-state index in [0.29, 0.717) is 22.9 Å². The van der Waals surface area contributed by atoms with Crippen molar-refractivity contribution in [3.8, 4) is 17.2 Å². The van der Waals surface area contributed by atoms with Gasteiger partial charge >= 0.3 is 0 Å². The third-order valence-corrected chi connectivity index (χ3v) is 3.72. The Morgan fingerprint density at radius 3 is 2.09 bits per heavy atom. The molecule has 2 amide bonds. The Balaban J connectivity index is 2.06. The molecule has 0 atom stereocenters. The highest BCUT2D eigenvalue weighted by molar-refractivity contribution is 6.03. The van der Waals surface area contributed by atoms with Gasteiger partial charge < -0.3 is 24.4 Å². The van der Waals surface area contributed by atoms with Crippen LogP contribution in [0.2, 0.25) is 0 Å². The molecule has 2 rings (SSSR count). The van der Waals surface area contributed by atoms with E-state index in [0.717, 1.165) is 25.9 Å². The van der Waals surface area contributed by atoms with Crippen molar-refractivity contribution in [2.24, 2.45) is 0 Å². The van der Waals surface area contributed by atoms with Gasteiger partial charge in [-0.1, -0.05) is 0 Å². The highest BCUT2D eigenvalue weighted by Crippen LogP contribution is 2.39. The maximum absolute atomic E-state index is 12.1. The number of likely N-dealkylation sites (tertiary alicyclic amines) is 1. The van der Waals surface area contributed by atoms with Gasteiger partial charge in [-0.05, 0) is 12.8 Å². The molecule has 0 radical (unpaired) electrons. The number of methoxy groups -OCH3 is 3. The largest absolute Gasteiger partial charge is 0.493 e. The highest BCUT2D eigenvalue weighted by atomic mass is 16.5. The summed E-state index contributed by atoms with van der Waals surface area (Å²) in [5, 5.41) is 2.70. The molecule has 23 heavy (non-hydrogen) atoms. The van der Waals surface area contributed by atoms with E-state index in [1.54, 1.807) is 17.0 Å². The number of nitrogens with one attached hydrogen (secondary N) is 1. The summed E-state index contributed by atoms with van der Waals surface area (Å²) in [4.78, 5) is 25.8. The van der Waals surface area contributed by atoms with E-state index in [-0.39, 0.29) is 18.2 Å². The molecule has 1 fully saturated rings. The number of carbonyl (C=O) groups is 2. The van der Waals surface area contributed by atoms with Crippen molar-refractivity contribution in [3.63, 3.8) is 0 Å². The predicted molar refractivity (Wildman–Crippen MR) is 85.2 cm³/mol. The summed E-state index contributed by atoms with van der Waals surface area (Å²) in [5.41, 5.74) is 0.485. The lowest BCUT2D eigenvalue weighted by Gasteiger charge is -2.16. The van der Waals surface area contributed by atoms with Gasteiger partial charge in [0.25, 0.3) is 0 Å². The summed E-state index contributed by atoms with van der Waals surface area (Å²) < 4.78 is 15.7. The number of amides is 2. The first-order chi connectivity index (χ1) is 11.1. The van der Waals surface area contributed by atoms with Crippen molar-refractivity contribution in [2.75, 3.05) is 39.7 Å². The first-order valence-electron chi connectivity index (χ1n) is 7.46. The number of benzene rings is 1. The lowest BCUT2D eigenvalue weighted by molar-refractivity contribution is -0.133. The molecule has 0 bridgehead atoms. The Kier molecular flexibility index (Phi) is 5.67. The van der Waals surface area contributed by atoms with Gasteiger partial charge in [0.05, 0.1) is 21.3 Å². The summed E-state index contributed by atoms with van der Waals surface area (Å²) in [5.74, 6) is 0.811. The van der Waals surface area contributed by atoms with Crippen molar-refractivity contribution in [2.45, 2.75) is 19.3 Å². The van der Waals surface area contributed by atoms with Crippen LogP contribution < -0.4 is 19.5 Å². The molecule has 0 aliphatic carbocycles. The van der Waals surface area contributed by atoms with Crippen molar-refractivity contribution in [1.29, 1.82) is 0 Å². The number of hydrogen-bond donors (Lipinski definition) is 1. The average Bonchev–Trinajstić information content (AvgIpc) is 3.08. The fourth-order valence-electron chi connectivity index (χ4n) is 2.57. The molecule has 1 aliphatic heterocycles. The molecular formula is C16H22N2O5. The topological polar surface area (TPSA) is 77.1 Å². The van der Waals surface area contributed by atoms with Gasteiger partial charge in [0.2, 0.25) is 17.6 Å². The van der Waals surface area contributed by atoms with E-state index < -0.39 is 0 Å². The van der Waals surface area contributed by atoms with E-state index in [9.17, 15) is 9.59 Å². The van der Waals surface area contributed by atoms with Crippen molar-refractivity contribution >= 4 is 17.5 Å². The summed E-state index contributed by atoms with van der Waals surface area (Å²) in [6.07, 6.45) is 1.83. The van der Waals surface area contributed by atoms with Gasteiger partial charge in [0.15, 0.2) is 11.5 Å². The summed E-state index contributed by atoms with van der Waals surface area (Å²) in [6.45, 7) is 1.46. The molecule has 0 unspecified atom stereocenters. The number of anilines is 1. The van der Waals surface area contributed by atoms with Crippen LogP contribution in [0.25, 0.3) is 0 Å². The second kappa shape index (κ2) is 7.71. The minimum atomic E-state index is -0.365. The lowest BCUT2D eigenvalue weighted by Crippen LogP contribution is -2.31. The number of hydrogen-bond acceptors (Lipinski definition) is 5. The summed E-state index contributed by atoms with van der Waals surface area (Å²) in [6, 6.07) is 3.25. The fourth-order valence-corrected chi connectivity index (χ4v) is 2.57. The zero-order chi connectivity index (χ0) is 16.8. The average molecular weight is 322 g/mol. The minimum absolute atomic E-state index is 0.146. The van der Waals surface area contributed by atoms with E-state index in [4.69, 9.17) is 14.2 Å². The first kappa shape index (κ1) is 16.9. The maximum Gasteiger partial charge on any atom is 0.233 e. The normalized spacial score (nSPS) is 13.6. The molecular weight excluding hydrogens is 300 g/mol. The smallest absolute Gasteiger partial charge is 0.233 e. The van der Waals surface area contributed by atoms with Crippen LogP contribution in [0.4, 0.5) is 5.69 Å². The van der Waals surface area contributed by atoms with Gasteiger partial charge in [0, 0.05) is 30.9 Å². The van der Waals surface area contributed by atoms with Crippen LogP contribution in [0.15, 0.2) is 12.1 Å². The predicted octanol–water partition coefficient (Wildman–Crippen LogP) is 1.66. The molecule has 0 saturated carbocycles. The van der Waals surface area contributed by atoms with E-state index in [1.807, 2.05) is 0 Å². The molecule has 126 valence electrons. The molecule has 7 heteroatoms. The summed E-state index contributed by atoms with van der Waals surface area (Å²) in [7, 11) is 4.51. The number of carbonyl (C=O) groups excluding carboxylic acids is 2. The Hall–Kier alpha value is -2.44. The van der Waals surface area contributed by atoms with Crippen molar-refractivity contribution < 1.29 is 23.8 Å².